The summed E-state index contributed by atoms with van der Waals surface area (Å²) in [5.74, 6) is 0.580. The fourth-order valence-electron chi connectivity index (χ4n) is 1.10. The van der Waals surface area contributed by atoms with Crippen LogP contribution in [-0.2, 0) is 6.42 Å². The van der Waals surface area contributed by atoms with E-state index in [-0.39, 0.29) is 0 Å². The van der Waals surface area contributed by atoms with E-state index in [0.29, 0.717) is 5.82 Å². The molecule has 12 heavy (non-hydrogen) atoms. The maximum absolute atomic E-state index is 5.68. The van der Waals surface area contributed by atoms with Gasteiger partial charge in [0.25, 0.3) is 0 Å². The van der Waals surface area contributed by atoms with Crippen LogP contribution in [0.3, 0.4) is 0 Å². The summed E-state index contributed by atoms with van der Waals surface area (Å²) in [6, 6.07) is 3.96. The number of aromatic nitrogens is 1. The van der Waals surface area contributed by atoms with Gasteiger partial charge >= 0.3 is 0 Å². The Morgan fingerprint density at radius 1 is 1.58 bits per heavy atom. The molecule has 0 aliphatic rings. The summed E-state index contributed by atoms with van der Waals surface area (Å²) in [4.78, 5) is 4.24. The van der Waals surface area contributed by atoms with Gasteiger partial charge in [0.15, 0.2) is 0 Å². The van der Waals surface area contributed by atoms with E-state index in [1.807, 2.05) is 12.1 Å². The first-order valence-electron chi connectivity index (χ1n) is 4.15. The Hall–Kier alpha value is -1.31. The summed E-state index contributed by atoms with van der Waals surface area (Å²) < 4.78 is 0. The molecule has 0 radical (unpaired) electrons. The monoisotopic (exact) mass is 162 g/mol. The lowest BCUT2D eigenvalue weighted by molar-refractivity contribution is 0.884. The van der Waals surface area contributed by atoms with Crippen LogP contribution in [-0.4, -0.2) is 4.98 Å². The van der Waals surface area contributed by atoms with E-state index < -0.39 is 0 Å². The van der Waals surface area contributed by atoms with Crippen LogP contribution in [0.4, 0.5) is 5.82 Å². The molecule has 1 aromatic heterocycles. The number of rotatable bonds is 3. The molecule has 0 fully saturated rings. The van der Waals surface area contributed by atoms with Crippen molar-refractivity contribution < 1.29 is 0 Å². The molecule has 0 aliphatic heterocycles. The molecule has 0 bridgehead atoms. The smallest absolute Gasteiger partial charge is 0.130 e. The van der Waals surface area contributed by atoms with Gasteiger partial charge in [-0.15, -0.1) is 0 Å². The van der Waals surface area contributed by atoms with Crippen molar-refractivity contribution in [2.75, 3.05) is 5.73 Å². The van der Waals surface area contributed by atoms with Crippen LogP contribution in [0, 0.1) is 0 Å². The van der Waals surface area contributed by atoms with Crippen LogP contribution in [0.5, 0.6) is 0 Å². The lowest BCUT2D eigenvalue weighted by atomic mass is 10.2. The highest BCUT2D eigenvalue weighted by atomic mass is 14.8. The quantitative estimate of drug-likeness (QED) is 0.740. The van der Waals surface area contributed by atoms with Crippen molar-refractivity contribution in [3.8, 4) is 0 Å². The second-order valence-corrected chi connectivity index (χ2v) is 2.73. The van der Waals surface area contributed by atoms with Gasteiger partial charge in [0.1, 0.15) is 5.82 Å². The van der Waals surface area contributed by atoms with E-state index in [0.717, 1.165) is 24.1 Å². The van der Waals surface area contributed by atoms with Gasteiger partial charge in [-0.1, -0.05) is 26.0 Å². The third-order valence-electron chi connectivity index (χ3n) is 1.74. The molecule has 2 N–H and O–H groups in total. The molecule has 64 valence electrons. The number of nitrogens with two attached hydrogens (primary N) is 1. The number of hydrogen-bond acceptors (Lipinski definition) is 2. The Bertz CT molecular complexity index is 279. The minimum Gasteiger partial charge on any atom is -0.383 e. The van der Waals surface area contributed by atoms with Crippen LogP contribution in [0.1, 0.15) is 24.6 Å². The van der Waals surface area contributed by atoms with Crippen LogP contribution in [0.15, 0.2) is 18.7 Å². The molecule has 0 aliphatic carbocycles. The first-order chi connectivity index (χ1) is 5.77. The summed E-state index contributed by atoms with van der Waals surface area (Å²) in [5, 5.41) is 0. The largest absolute Gasteiger partial charge is 0.383 e. The lowest BCUT2D eigenvalue weighted by Gasteiger charge is -2.02. The highest BCUT2D eigenvalue weighted by Crippen LogP contribution is 2.11. The average Bonchev–Trinajstić information content (AvgIpc) is 2.05. The topological polar surface area (TPSA) is 38.9 Å². The molecule has 0 saturated carbocycles. The number of nitrogen functional groups attached to an aromatic ring is 1. The molecule has 2 nitrogen and oxygen atoms in total. The summed E-state index contributed by atoms with van der Waals surface area (Å²) in [5.41, 5.74) is 7.65. The Morgan fingerprint density at radius 3 is 2.83 bits per heavy atom. The summed E-state index contributed by atoms with van der Waals surface area (Å²) in [6.07, 6.45) is 3.81. The van der Waals surface area contributed by atoms with E-state index in [2.05, 4.69) is 18.5 Å². The highest BCUT2D eigenvalue weighted by molar-refractivity contribution is 5.59. The number of aryl methyl sites for hydroxylation is 1. The minimum atomic E-state index is 0.580. The molecule has 1 aromatic rings. The molecule has 0 saturated heterocycles. The third-order valence-corrected chi connectivity index (χ3v) is 1.74. The van der Waals surface area contributed by atoms with Gasteiger partial charge in [0, 0.05) is 11.3 Å². The number of hydrogen-bond donors (Lipinski definition) is 1. The Labute approximate surface area is 73.1 Å². The molecule has 1 heterocycles. The second-order valence-electron chi connectivity index (χ2n) is 2.73. The van der Waals surface area contributed by atoms with Crippen molar-refractivity contribution in [1.82, 2.24) is 4.98 Å². The van der Waals surface area contributed by atoms with Crippen LogP contribution in [0.2, 0.25) is 0 Å². The zero-order chi connectivity index (χ0) is 8.97. The molecule has 1 rings (SSSR count). The number of pyridine rings is 1. The average molecular weight is 162 g/mol. The Balaban J connectivity index is 2.93. The second kappa shape index (κ2) is 3.90. The molecule has 0 amide bonds. The predicted octanol–water partition coefficient (Wildman–Crippen LogP) is 2.26. The lowest BCUT2D eigenvalue weighted by Crippen LogP contribution is -1.97. The summed E-state index contributed by atoms with van der Waals surface area (Å²) in [6.45, 7) is 5.77. The molecule has 0 atom stereocenters. The van der Waals surface area contributed by atoms with E-state index in [9.17, 15) is 0 Å². The van der Waals surface area contributed by atoms with Gasteiger partial charge in [-0.25, -0.2) is 4.98 Å². The number of nitrogens with zero attached hydrogens (tertiary/aromatic N) is 1. The van der Waals surface area contributed by atoms with E-state index in [1.165, 1.54) is 0 Å². The standard InChI is InChI=1S/C10H14N2/c1-3-5-9-7-6-8(4-2)10(11)12-9/h4,6-7H,2-3,5H2,1H3,(H2,11,12). The van der Waals surface area contributed by atoms with Crippen LogP contribution < -0.4 is 5.73 Å². The van der Waals surface area contributed by atoms with E-state index >= 15 is 0 Å². The van der Waals surface area contributed by atoms with Gasteiger partial charge in [0.05, 0.1) is 0 Å². The van der Waals surface area contributed by atoms with Gasteiger partial charge < -0.3 is 5.73 Å². The van der Waals surface area contributed by atoms with Crippen molar-refractivity contribution in [3.63, 3.8) is 0 Å². The fraction of sp³-hybridized carbons (Fsp3) is 0.300. The van der Waals surface area contributed by atoms with Gasteiger partial charge in [-0.05, 0) is 18.6 Å². The highest BCUT2D eigenvalue weighted by Gasteiger charge is 1.97. The van der Waals surface area contributed by atoms with Crippen LogP contribution in [0.25, 0.3) is 6.08 Å². The van der Waals surface area contributed by atoms with Gasteiger partial charge in [-0.3, -0.25) is 0 Å². The van der Waals surface area contributed by atoms with Gasteiger partial charge in [-0.2, -0.15) is 0 Å². The molecule has 0 aromatic carbocycles. The molecule has 2 heteroatoms. The predicted molar refractivity (Wildman–Crippen MR) is 52.7 cm³/mol. The van der Waals surface area contributed by atoms with Crippen LogP contribution >= 0.6 is 0 Å². The fourth-order valence-corrected chi connectivity index (χ4v) is 1.10. The number of anilines is 1. The molecular formula is C10H14N2. The SMILES string of the molecule is C=Cc1ccc(CCC)nc1N. The van der Waals surface area contributed by atoms with Crippen molar-refractivity contribution in [1.29, 1.82) is 0 Å². The first-order valence-corrected chi connectivity index (χ1v) is 4.15. The van der Waals surface area contributed by atoms with Crippen molar-refractivity contribution in [2.45, 2.75) is 19.8 Å². The van der Waals surface area contributed by atoms with Gasteiger partial charge in [0.2, 0.25) is 0 Å². The van der Waals surface area contributed by atoms with E-state index in [4.69, 9.17) is 5.73 Å². The maximum atomic E-state index is 5.68. The molecular weight excluding hydrogens is 148 g/mol. The zero-order valence-electron chi connectivity index (χ0n) is 7.38. The Morgan fingerprint density at radius 2 is 2.33 bits per heavy atom. The van der Waals surface area contributed by atoms with Crippen molar-refractivity contribution in [2.24, 2.45) is 0 Å². The van der Waals surface area contributed by atoms with Crippen molar-refractivity contribution >= 4 is 11.9 Å². The summed E-state index contributed by atoms with van der Waals surface area (Å²) in [7, 11) is 0. The normalized spacial score (nSPS) is 9.75. The molecule has 0 spiro atoms. The maximum Gasteiger partial charge on any atom is 0.130 e. The zero-order valence-corrected chi connectivity index (χ0v) is 7.38. The minimum absolute atomic E-state index is 0.580. The van der Waals surface area contributed by atoms with Crippen molar-refractivity contribution in [3.05, 3.63) is 30.0 Å². The Kier molecular flexibility index (Phi) is 2.86. The summed E-state index contributed by atoms with van der Waals surface area (Å²) >= 11 is 0. The molecule has 0 unspecified atom stereocenters. The van der Waals surface area contributed by atoms with E-state index in [1.54, 1.807) is 6.08 Å². The first kappa shape index (κ1) is 8.78. The third kappa shape index (κ3) is 1.84.